The van der Waals surface area contributed by atoms with Gasteiger partial charge in [0, 0.05) is 19.7 Å². The SMILES string of the molecule is CC(C)(CCCO)CNCc1ccc2c(c1)OCO2. The Kier molecular flexibility index (Phi) is 4.66. The molecule has 0 fully saturated rings. The number of fused-ring (bicyclic) bond motifs is 1. The van der Waals surface area contributed by atoms with Gasteiger partial charge in [0.25, 0.3) is 0 Å². The number of aliphatic hydroxyl groups excluding tert-OH is 1. The molecule has 1 aliphatic heterocycles. The second-order valence-electron chi connectivity index (χ2n) is 5.78. The van der Waals surface area contributed by atoms with Gasteiger partial charge < -0.3 is 19.9 Å². The molecule has 4 nitrogen and oxygen atoms in total. The zero-order valence-corrected chi connectivity index (χ0v) is 11.7. The molecule has 0 saturated carbocycles. The van der Waals surface area contributed by atoms with E-state index in [2.05, 4.69) is 25.2 Å². The first-order valence-corrected chi connectivity index (χ1v) is 6.81. The van der Waals surface area contributed by atoms with E-state index in [1.54, 1.807) is 0 Å². The Bertz CT molecular complexity index is 418. The van der Waals surface area contributed by atoms with E-state index >= 15 is 0 Å². The summed E-state index contributed by atoms with van der Waals surface area (Å²) in [7, 11) is 0. The Morgan fingerprint density at radius 2 is 2.05 bits per heavy atom. The van der Waals surface area contributed by atoms with Crippen molar-refractivity contribution in [1.82, 2.24) is 5.32 Å². The third-order valence-electron chi connectivity index (χ3n) is 3.38. The fourth-order valence-electron chi connectivity index (χ4n) is 2.24. The van der Waals surface area contributed by atoms with Crippen molar-refractivity contribution < 1.29 is 14.6 Å². The highest BCUT2D eigenvalue weighted by Crippen LogP contribution is 2.32. The van der Waals surface area contributed by atoms with E-state index in [0.29, 0.717) is 6.79 Å². The molecule has 0 unspecified atom stereocenters. The number of nitrogens with one attached hydrogen (secondary N) is 1. The van der Waals surface area contributed by atoms with Crippen LogP contribution < -0.4 is 14.8 Å². The molecule has 0 radical (unpaired) electrons. The Labute approximate surface area is 114 Å². The maximum Gasteiger partial charge on any atom is 0.231 e. The molecule has 0 saturated heterocycles. The van der Waals surface area contributed by atoms with Crippen LogP contribution in [0.1, 0.15) is 32.3 Å². The number of rotatable bonds is 7. The Hall–Kier alpha value is -1.26. The second kappa shape index (κ2) is 6.26. The van der Waals surface area contributed by atoms with Crippen molar-refractivity contribution in [3.05, 3.63) is 23.8 Å². The maximum absolute atomic E-state index is 8.88. The van der Waals surface area contributed by atoms with Crippen LogP contribution in [0.5, 0.6) is 11.5 Å². The van der Waals surface area contributed by atoms with E-state index in [1.165, 1.54) is 5.56 Å². The van der Waals surface area contributed by atoms with Crippen LogP contribution in [-0.4, -0.2) is 25.1 Å². The first-order chi connectivity index (χ1) is 9.11. The van der Waals surface area contributed by atoms with Crippen LogP contribution in [0.2, 0.25) is 0 Å². The zero-order valence-electron chi connectivity index (χ0n) is 11.7. The predicted molar refractivity (Wildman–Crippen MR) is 74.4 cm³/mol. The lowest BCUT2D eigenvalue weighted by atomic mass is 9.88. The van der Waals surface area contributed by atoms with Crippen LogP contribution in [0.3, 0.4) is 0 Å². The van der Waals surface area contributed by atoms with E-state index in [9.17, 15) is 0 Å². The summed E-state index contributed by atoms with van der Waals surface area (Å²) in [5.74, 6) is 1.66. The summed E-state index contributed by atoms with van der Waals surface area (Å²) >= 11 is 0. The van der Waals surface area contributed by atoms with Crippen molar-refractivity contribution in [2.45, 2.75) is 33.2 Å². The summed E-state index contributed by atoms with van der Waals surface area (Å²) in [4.78, 5) is 0. The normalized spacial score (nSPS) is 13.8. The second-order valence-corrected chi connectivity index (χ2v) is 5.78. The smallest absolute Gasteiger partial charge is 0.231 e. The molecule has 1 heterocycles. The standard InChI is InChI=1S/C15H23NO3/c1-15(2,6-3-7-17)10-16-9-12-4-5-13-14(8-12)19-11-18-13/h4-5,8,16-17H,3,6-7,9-11H2,1-2H3. The fraction of sp³-hybridized carbons (Fsp3) is 0.600. The highest BCUT2D eigenvalue weighted by atomic mass is 16.7. The van der Waals surface area contributed by atoms with Crippen LogP contribution in [-0.2, 0) is 6.54 Å². The lowest BCUT2D eigenvalue weighted by molar-refractivity contribution is 0.174. The van der Waals surface area contributed by atoms with E-state index < -0.39 is 0 Å². The van der Waals surface area contributed by atoms with Crippen LogP contribution in [0.25, 0.3) is 0 Å². The van der Waals surface area contributed by atoms with Gasteiger partial charge in [-0.15, -0.1) is 0 Å². The molecule has 0 aliphatic carbocycles. The summed E-state index contributed by atoms with van der Waals surface area (Å²) < 4.78 is 10.7. The van der Waals surface area contributed by atoms with Gasteiger partial charge in [0.2, 0.25) is 6.79 Å². The Morgan fingerprint density at radius 1 is 1.26 bits per heavy atom. The Balaban J connectivity index is 1.79. The molecular formula is C15H23NO3. The summed E-state index contributed by atoms with van der Waals surface area (Å²) in [5, 5.41) is 12.3. The lowest BCUT2D eigenvalue weighted by Crippen LogP contribution is -2.29. The molecule has 0 atom stereocenters. The minimum atomic E-state index is 0.207. The number of aliphatic hydroxyl groups is 1. The molecule has 0 spiro atoms. The zero-order chi connectivity index (χ0) is 13.7. The van der Waals surface area contributed by atoms with Gasteiger partial charge in [-0.05, 0) is 36.0 Å². The van der Waals surface area contributed by atoms with Gasteiger partial charge in [0.05, 0.1) is 0 Å². The number of benzene rings is 1. The molecule has 2 N–H and O–H groups in total. The summed E-state index contributed by atoms with van der Waals surface area (Å²) in [6.45, 7) is 6.78. The molecule has 0 aromatic heterocycles. The number of hydrogen-bond acceptors (Lipinski definition) is 4. The van der Waals surface area contributed by atoms with Gasteiger partial charge in [-0.3, -0.25) is 0 Å². The molecular weight excluding hydrogens is 242 g/mol. The predicted octanol–water partition coefficient (Wildman–Crippen LogP) is 2.30. The van der Waals surface area contributed by atoms with Crippen molar-refractivity contribution >= 4 is 0 Å². The van der Waals surface area contributed by atoms with Crippen LogP contribution >= 0.6 is 0 Å². The van der Waals surface area contributed by atoms with E-state index in [-0.39, 0.29) is 12.0 Å². The third-order valence-corrected chi connectivity index (χ3v) is 3.38. The quantitative estimate of drug-likeness (QED) is 0.794. The van der Waals surface area contributed by atoms with Gasteiger partial charge in [0.1, 0.15) is 0 Å². The fourth-order valence-corrected chi connectivity index (χ4v) is 2.24. The van der Waals surface area contributed by atoms with Gasteiger partial charge in [0.15, 0.2) is 11.5 Å². The highest BCUT2D eigenvalue weighted by Gasteiger charge is 2.17. The lowest BCUT2D eigenvalue weighted by Gasteiger charge is -2.24. The maximum atomic E-state index is 8.88. The van der Waals surface area contributed by atoms with Crippen LogP contribution in [0.4, 0.5) is 0 Å². The molecule has 1 aromatic rings. The highest BCUT2D eigenvalue weighted by molar-refractivity contribution is 5.44. The van der Waals surface area contributed by atoms with Crippen LogP contribution in [0.15, 0.2) is 18.2 Å². The average Bonchev–Trinajstić information content (AvgIpc) is 2.83. The molecule has 4 heteroatoms. The summed E-state index contributed by atoms with van der Waals surface area (Å²) in [6, 6.07) is 6.04. The van der Waals surface area contributed by atoms with Gasteiger partial charge in [-0.25, -0.2) is 0 Å². The minimum Gasteiger partial charge on any atom is -0.454 e. The molecule has 1 aliphatic rings. The molecule has 19 heavy (non-hydrogen) atoms. The van der Waals surface area contributed by atoms with E-state index in [0.717, 1.165) is 37.4 Å². The first kappa shape index (κ1) is 14.2. The van der Waals surface area contributed by atoms with Crippen molar-refractivity contribution in [3.63, 3.8) is 0 Å². The monoisotopic (exact) mass is 265 g/mol. The van der Waals surface area contributed by atoms with Crippen molar-refractivity contribution in [2.75, 3.05) is 19.9 Å². The third kappa shape index (κ3) is 4.11. The largest absolute Gasteiger partial charge is 0.454 e. The van der Waals surface area contributed by atoms with Crippen molar-refractivity contribution in [3.8, 4) is 11.5 Å². The number of ether oxygens (including phenoxy) is 2. The van der Waals surface area contributed by atoms with Gasteiger partial charge in [-0.2, -0.15) is 0 Å². The van der Waals surface area contributed by atoms with E-state index in [4.69, 9.17) is 14.6 Å². The minimum absolute atomic E-state index is 0.207. The van der Waals surface area contributed by atoms with Crippen LogP contribution in [0, 0.1) is 5.41 Å². The summed E-state index contributed by atoms with van der Waals surface area (Å²) in [6.07, 6.45) is 1.89. The molecule has 2 rings (SSSR count). The first-order valence-electron chi connectivity index (χ1n) is 6.81. The molecule has 0 bridgehead atoms. The van der Waals surface area contributed by atoms with Crippen molar-refractivity contribution in [2.24, 2.45) is 5.41 Å². The molecule has 0 amide bonds. The van der Waals surface area contributed by atoms with Gasteiger partial charge in [-0.1, -0.05) is 19.9 Å². The van der Waals surface area contributed by atoms with Gasteiger partial charge >= 0.3 is 0 Å². The van der Waals surface area contributed by atoms with Crippen molar-refractivity contribution in [1.29, 1.82) is 0 Å². The number of hydrogen-bond donors (Lipinski definition) is 2. The topological polar surface area (TPSA) is 50.7 Å². The van der Waals surface area contributed by atoms with E-state index in [1.807, 2.05) is 12.1 Å². The molecule has 1 aromatic carbocycles. The molecule has 106 valence electrons. The average molecular weight is 265 g/mol. The summed E-state index contributed by atoms with van der Waals surface area (Å²) in [5.41, 5.74) is 1.40. The Morgan fingerprint density at radius 3 is 2.84 bits per heavy atom.